The van der Waals surface area contributed by atoms with Crippen molar-refractivity contribution in [3.63, 3.8) is 0 Å². The monoisotopic (exact) mass is 228 g/mol. The fraction of sp³-hybridized carbons (Fsp3) is 0.500. The van der Waals surface area contributed by atoms with E-state index in [9.17, 15) is 9.59 Å². The Kier molecular flexibility index (Phi) is 10.5. The number of hydrogen-bond acceptors (Lipinski definition) is 2. The molecule has 0 aliphatic carbocycles. The first-order valence-corrected chi connectivity index (χ1v) is 5.16. The fourth-order valence-electron chi connectivity index (χ4n) is 0.787. The molecule has 16 heavy (non-hydrogen) atoms. The van der Waals surface area contributed by atoms with Gasteiger partial charge in [0.1, 0.15) is 0 Å². The van der Waals surface area contributed by atoms with Crippen molar-refractivity contribution in [3.05, 3.63) is 23.3 Å². The van der Waals surface area contributed by atoms with E-state index in [4.69, 9.17) is 10.2 Å². The number of carbonyl (C=O) groups is 2. The lowest BCUT2D eigenvalue weighted by Crippen LogP contribution is -1.94. The predicted octanol–water partition coefficient (Wildman–Crippen LogP) is 2.85. The van der Waals surface area contributed by atoms with Crippen LogP contribution in [0.2, 0.25) is 0 Å². The van der Waals surface area contributed by atoms with Crippen molar-refractivity contribution in [2.45, 2.75) is 40.5 Å². The van der Waals surface area contributed by atoms with Crippen molar-refractivity contribution in [3.8, 4) is 0 Å². The molecule has 0 saturated heterocycles. The lowest BCUT2D eigenvalue weighted by Gasteiger charge is -1.87. The van der Waals surface area contributed by atoms with Crippen LogP contribution in [0, 0.1) is 0 Å². The molecule has 0 aliphatic heterocycles. The summed E-state index contributed by atoms with van der Waals surface area (Å²) < 4.78 is 0. The molecule has 0 spiro atoms. The summed E-state index contributed by atoms with van der Waals surface area (Å²) in [6.07, 6.45) is 4.95. The van der Waals surface area contributed by atoms with Crippen molar-refractivity contribution in [1.82, 2.24) is 0 Å². The van der Waals surface area contributed by atoms with Gasteiger partial charge in [0.15, 0.2) is 0 Å². The van der Waals surface area contributed by atoms with Gasteiger partial charge < -0.3 is 10.2 Å². The van der Waals surface area contributed by atoms with E-state index < -0.39 is 11.9 Å². The van der Waals surface area contributed by atoms with Gasteiger partial charge in [-0.05, 0) is 26.7 Å². The summed E-state index contributed by atoms with van der Waals surface area (Å²) in [6.45, 7) is 7.00. The maximum atomic E-state index is 10.0. The maximum absolute atomic E-state index is 10.0. The van der Waals surface area contributed by atoms with Gasteiger partial charge in [0, 0.05) is 11.1 Å². The molecule has 4 heteroatoms. The van der Waals surface area contributed by atoms with Gasteiger partial charge in [-0.25, -0.2) is 9.59 Å². The Morgan fingerprint density at radius 2 is 1.12 bits per heavy atom. The molecule has 0 aromatic heterocycles. The SMILES string of the molecule is CCC=C(C)C(=O)O.CCC=C(C)C(=O)O. The number of hydrogen-bond donors (Lipinski definition) is 2. The van der Waals surface area contributed by atoms with Gasteiger partial charge in [-0.2, -0.15) is 0 Å². The number of rotatable bonds is 4. The van der Waals surface area contributed by atoms with Crippen LogP contribution in [-0.4, -0.2) is 22.2 Å². The molecule has 0 rings (SSSR count). The van der Waals surface area contributed by atoms with Gasteiger partial charge in [0.25, 0.3) is 0 Å². The first-order valence-electron chi connectivity index (χ1n) is 5.16. The minimum Gasteiger partial charge on any atom is -0.478 e. The Morgan fingerprint density at radius 3 is 1.19 bits per heavy atom. The van der Waals surface area contributed by atoms with Crippen molar-refractivity contribution in [1.29, 1.82) is 0 Å². The van der Waals surface area contributed by atoms with E-state index in [1.807, 2.05) is 13.8 Å². The van der Waals surface area contributed by atoms with Gasteiger partial charge in [-0.1, -0.05) is 26.0 Å². The normalized spacial score (nSPS) is 11.5. The number of carboxylic acids is 2. The summed E-state index contributed by atoms with van der Waals surface area (Å²) in [4.78, 5) is 20.0. The molecule has 0 atom stereocenters. The molecular weight excluding hydrogens is 208 g/mol. The average Bonchev–Trinajstić information content (AvgIpc) is 2.19. The molecule has 2 N–H and O–H groups in total. The van der Waals surface area contributed by atoms with Crippen LogP contribution in [0.1, 0.15) is 40.5 Å². The van der Waals surface area contributed by atoms with E-state index in [0.29, 0.717) is 11.1 Å². The van der Waals surface area contributed by atoms with Gasteiger partial charge in [-0.3, -0.25) is 0 Å². The Morgan fingerprint density at radius 1 is 0.875 bits per heavy atom. The highest BCUT2D eigenvalue weighted by Crippen LogP contribution is 1.93. The molecule has 0 unspecified atom stereocenters. The third-order valence-electron chi connectivity index (χ3n) is 1.70. The zero-order valence-corrected chi connectivity index (χ0v) is 10.3. The molecule has 0 radical (unpaired) electrons. The van der Waals surface area contributed by atoms with Crippen molar-refractivity contribution in [2.24, 2.45) is 0 Å². The number of aliphatic carboxylic acids is 2. The van der Waals surface area contributed by atoms with Crippen molar-refractivity contribution < 1.29 is 19.8 Å². The molecule has 0 aromatic rings. The first kappa shape index (κ1) is 16.8. The third-order valence-corrected chi connectivity index (χ3v) is 1.70. The Bertz CT molecular complexity index is 257. The van der Waals surface area contributed by atoms with Crippen LogP contribution in [0.4, 0.5) is 0 Å². The Hall–Kier alpha value is -1.58. The standard InChI is InChI=1S/2C6H10O2/c2*1-3-4-5(2)6(7)8/h2*4H,3H2,1-2H3,(H,7,8). The number of carboxylic acid groups (broad SMARTS) is 2. The Balaban J connectivity index is 0. The summed E-state index contributed by atoms with van der Waals surface area (Å²) in [5.41, 5.74) is 0.847. The maximum Gasteiger partial charge on any atom is 0.330 e. The highest BCUT2D eigenvalue weighted by Gasteiger charge is 1.95. The van der Waals surface area contributed by atoms with E-state index in [0.717, 1.165) is 12.8 Å². The number of allylic oxidation sites excluding steroid dienone is 2. The van der Waals surface area contributed by atoms with Crippen LogP contribution in [-0.2, 0) is 9.59 Å². The second kappa shape index (κ2) is 9.96. The summed E-state index contributed by atoms with van der Waals surface area (Å²) in [5, 5.41) is 16.5. The molecule has 0 heterocycles. The molecule has 92 valence electrons. The quantitative estimate of drug-likeness (QED) is 0.725. The zero-order valence-electron chi connectivity index (χ0n) is 10.3. The average molecular weight is 228 g/mol. The Labute approximate surface area is 96.3 Å². The van der Waals surface area contributed by atoms with Crippen LogP contribution in [0.3, 0.4) is 0 Å². The smallest absolute Gasteiger partial charge is 0.330 e. The largest absolute Gasteiger partial charge is 0.478 e. The van der Waals surface area contributed by atoms with Gasteiger partial charge in [0.05, 0.1) is 0 Å². The zero-order chi connectivity index (χ0) is 13.1. The van der Waals surface area contributed by atoms with E-state index >= 15 is 0 Å². The van der Waals surface area contributed by atoms with Crippen LogP contribution in [0.15, 0.2) is 23.3 Å². The minimum atomic E-state index is -0.827. The van der Waals surface area contributed by atoms with E-state index in [-0.39, 0.29) is 0 Å². The van der Waals surface area contributed by atoms with Crippen molar-refractivity contribution >= 4 is 11.9 Å². The molecule has 0 bridgehead atoms. The van der Waals surface area contributed by atoms with Crippen LogP contribution in [0.5, 0.6) is 0 Å². The van der Waals surface area contributed by atoms with Crippen molar-refractivity contribution in [2.75, 3.05) is 0 Å². The van der Waals surface area contributed by atoms with E-state index in [2.05, 4.69) is 0 Å². The summed E-state index contributed by atoms with van der Waals surface area (Å²) in [6, 6.07) is 0. The second-order valence-corrected chi connectivity index (χ2v) is 3.20. The molecule has 4 nitrogen and oxygen atoms in total. The minimum absolute atomic E-state index is 0.424. The predicted molar refractivity (Wildman–Crippen MR) is 63.4 cm³/mol. The van der Waals surface area contributed by atoms with Crippen LogP contribution >= 0.6 is 0 Å². The second-order valence-electron chi connectivity index (χ2n) is 3.20. The van der Waals surface area contributed by atoms with Gasteiger partial charge in [-0.15, -0.1) is 0 Å². The van der Waals surface area contributed by atoms with Gasteiger partial charge >= 0.3 is 11.9 Å². The molecule has 0 fully saturated rings. The topological polar surface area (TPSA) is 74.6 Å². The van der Waals surface area contributed by atoms with E-state index in [1.54, 1.807) is 26.0 Å². The molecule has 0 aliphatic rings. The highest BCUT2D eigenvalue weighted by molar-refractivity contribution is 5.86. The molecule has 0 amide bonds. The lowest BCUT2D eigenvalue weighted by atomic mass is 10.2. The summed E-state index contributed by atoms with van der Waals surface area (Å²) >= 11 is 0. The van der Waals surface area contributed by atoms with Crippen LogP contribution in [0.25, 0.3) is 0 Å². The third kappa shape index (κ3) is 10.5. The van der Waals surface area contributed by atoms with Crippen LogP contribution < -0.4 is 0 Å². The van der Waals surface area contributed by atoms with E-state index in [1.165, 1.54) is 0 Å². The molecule has 0 aromatic carbocycles. The molecular formula is C12H20O4. The molecule has 0 saturated carbocycles. The lowest BCUT2D eigenvalue weighted by molar-refractivity contribution is -0.133. The summed E-state index contributed by atoms with van der Waals surface area (Å²) in [7, 11) is 0. The highest BCUT2D eigenvalue weighted by atomic mass is 16.4. The first-order chi connectivity index (χ1) is 7.36. The van der Waals surface area contributed by atoms with Gasteiger partial charge in [0.2, 0.25) is 0 Å². The fourth-order valence-corrected chi connectivity index (χ4v) is 0.787. The summed E-state index contributed by atoms with van der Waals surface area (Å²) in [5.74, 6) is -1.65.